The van der Waals surface area contributed by atoms with E-state index in [9.17, 15) is 12.8 Å². The number of rotatable bonds is 5. The molecule has 0 aromatic heterocycles. The van der Waals surface area contributed by atoms with Crippen LogP contribution in [0.5, 0.6) is 5.75 Å². The van der Waals surface area contributed by atoms with E-state index < -0.39 is 14.9 Å². The summed E-state index contributed by atoms with van der Waals surface area (Å²) >= 11 is 0. The molecular weight excluding hydrogens is 267 g/mol. The van der Waals surface area contributed by atoms with E-state index >= 15 is 0 Å². The van der Waals surface area contributed by atoms with Crippen molar-refractivity contribution in [1.29, 1.82) is 0 Å². The maximum atomic E-state index is 13.5. The molecule has 0 heterocycles. The highest BCUT2D eigenvalue weighted by Gasteiger charge is 2.14. The van der Waals surface area contributed by atoms with Crippen molar-refractivity contribution in [2.24, 2.45) is 5.92 Å². The molecule has 0 saturated heterocycles. The highest BCUT2D eigenvalue weighted by atomic mass is 35.7. The maximum absolute atomic E-state index is 13.5. The van der Waals surface area contributed by atoms with Crippen LogP contribution in [0.3, 0.4) is 0 Å². The number of hydrogen-bond donors (Lipinski definition) is 0. The topological polar surface area (TPSA) is 43.4 Å². The van der Waals surface area contributed by atoms with Crippen LogP contribution in [-0.4, -0.2) is 15.0 Å². The number of ether oxygens (including phenoxy) is 1. The van der Waals surface area contributed by atoms with E-state index in [1.807, 2.05) is 13.8 Å². The first kappa shape index (κ1) is 14.3. The molecule has 0 radical (unpaired) electrons. The van der Waals surface area contributed by atoms with E-state index in [0.29, 0.717) is 12.5 Å². The normalized spacial score (nSPS) is 13.4. The third-order valence-corrected chi connectivity index (χ3v) is 3.76. The lowest BCUT2D eigenvalue weighted by Crippen LogP contribution is -2.08. The largest absolute Gasteiger partial charge is 0.490 e. The predicted molar refractivity (Wildman–Crippen MR) is 64.4 cm³/mol. The second-order valence-corrected chi connectivity index (χ2v) is 6.42. The van der Waals surface area contributed by atoms with Gasteiger partial charge in [-0.1, -0.05) is 20.3 Å². The van der Waals surface area contributed by atoms with Gasteiger partial charge in [0.1, 0.15) is 0 Å². The molecule has 1 unspecified atom stereocenters. The zero-order valence-electron chi connectivity index (χ0n) is 9.61. The van der Waals surface area contributed by atoms with Crippen molar-refractivity contribution in [2.45, 2.75) is 25.2 Å². The average molecular weight is 281 g/mol. The first-order valence-corrected chi connectivity index (χ1v) is 7.52. The van der Waals surface area contributed by atoms with Crippen LogP contribution in [0.4, 0.5) is 4.39 Å². The van der Waals surface area contributed by atoms with Gasteiger partial charge >= 0.3 is 0 Å². The van der Waals surface area contributed by atoms with Crippen molar-refractivity contribution in [3.8, 4) is 5.75 Å². The van der Waals surface area contributed by atoms with Gasteiger partial charge < -0.3 is 4.74 Å². The van der Waals surface area contributed by atoms with Crippen molar-refractivity contribution in [3.05, 3.63) is 24.0 Å². The van der Waals surface area contributed by atoms with Gasteiger partial charge in [0, 0.05) is 10.7 Å². The summed E-state index contributed by atoms with van der Waals surface area (Å²) in [7, 11) is 1.20. The second-order valence-electron chi connectivity index (χ2n) is 3.85. The Labute approximate surface area is 105 Å². The predicted octanol–water partition coefficient (Wildman–Crippen LogP) is 3.18. The SMILES string of the molecule is CCC(C)COc1ccc(S(=O)(=O)Cl)cc1F. The highest BCUT2D eigenvalue weighted by molar-refractivity contribution is 8.13. The summed E-state index contributed by atoms with van der Waals surface area (Å²) in [4.78, 5) is -0.271. The van der Waals surface area contributed by atoms with E-state index in [1.165, 1.54) is 12.1 Å². The highest BCUT2D eigenvalue weighted by Crippen LogP contribution is 2.23. The molecule has 0 saturated carbocycles. The average Bonchev–Trinajstić information content (AvgIpc) is 2.25. The summed E-state index contributed by atoms with van der Waals surface area (Å²) in [6.07, 6.45) is 0.926. The summed E-state index contributed by atoms with van der Waals surface area (Å²) in [6, 6.07) is 3.35. The van der Waals surface area contributed by atoms with Gasteiger partial charge in [-0.3, -0.25) is 0 Å². The maximum Gasteiger partial charge on any atom is 0.261 e. The summed E-state index contributed by atoms with van der Waals surface area (Å²) in [6.45, 7) is 4.38. The van der Waals surface area contributed by atoms with E-state index in [-0.39, 0.29) is 10.6 Å². The smallest absolute Gasteiger partial charge is 0.261 e. The fraction of sp³-hybridized carbons (Fsp3) is 0.455. The zero-order chi connectivity index (χ0) is 13.1. The van der Waals surface area contributed by atoms with Crippen molar-refractivity contribution < 1.29 is 17.5 Å². The van der Waals surface area contributed by atoms with Crippen molar-refractivity contribution >= 4 is 19.7 Å². The van der Waals surface area contributed by atoms with Crippen molar-refractivity contribution in [3.63, 3.8) is 0 Å². The first-order valence-electron chi connectivity index (χ1n) is 5.21. The molecule has 0 N–H and O–H groups in total. The Kier molecular flexibility index (Phi) is 4.77. The quantitative estimate of drug-likeness (QED) is 0.778. The van der Waals surface area contributed by atoms with Gasteiger partial charge in [0.2, 0.25) is 0 Å². The first-order chi connectivity index (χ1) is 7.84. The van der Waals surface area contributed by atoms with Crippen LogP contribution < -0.4 is 4.74 Å². The number of benzene rings is 1. The van der Waals surface area contributed by atoms with E-state index in [0.717, 1.165) is 12.5 Å². The lowest BCUT2D eigenvalue weighted by atomic mass is 10.1. The fourth-order valence-electron chi connectivity index (χ4n) is 1.10. The van der Waals surface area contributed by atoms with E-state index in [1.54, 1.807) is 0 Å². The van der Waals surface area contributed by atoms with Gasteiger partial charge in [-0.15, -0.1) is 0 Å². The van der Waals surface area contributed by atoms with Crippen LogP contribution in [0.1, 0.15) is 20.3 Å². The second kappa shape index (κ2) is 5.69. The Bertz CT molecular complexity index is 487. The molecule has 0 aliphatic rings. The minimum Gasteiger partial charge on any atom is -0.490 e. The van der Waals surface area contributed by atoms with Gasteiger partial charge in [-0.2, -0.15) is 0 Å². The van der Waals surface area contributed by atoms with Gasteiger partial charge in [0.25, 0.3) is 9.05 Å². The third-order valence-electron chi connectivity index (χ3n) is 2.41. The molecule has 1 aromatic rings. The Morgan fingerprint density at radius 1 is 1.47 bits per heavy atom. The van der Waals surface area contributed by atoms with Crippen molar-refractivity contribution in [1.82, 2.24) is 0 Å². The van der Waals surface area contributed by atoms with Crippen molar-refractivity contribution in [2.75, 3.05) is 6.61 Å². The molecule has 1 atom stereocenters. The van der Waals surface area contributed by atoms with Crippen LogP contribution in [-0.2, 0) is 9.05 Å². The molecule has 17 heavy (non-hydrogen) atoms. The molecule has 3 nitrogen and oxygen atoms in total. The zero-order valence-corrected chi connectivity index (χ0v) is 11.2. The standard InChI is InChI=1S/C11H14ClFO3S/c1-3-8(2)7-16-11-5-4-9(6-10(11)13)17(12,14)15/h4-6,8H,3,7H2,1-2H3. The molecular formula is C11H14ClFO3S. The molecule has 1 aromatic carbocycles. The Balaban J connectivity index is 2.84. The number of hydrogen-bond acceptors (Lipinski definition) is 3. The van der Waals surface area contributed by atoms with Crippen LogP contribution in [0.25, 0.3) is 0 Å². The molecule has 96 valence electrons. The minimum atomic E-state index is -3.90. The Hall–Kier alpha value is -0.810. The molecule has 0 aliphatic carbocycles. The third kappa shape index (κ3) is 4.16. The van der Waals surface area contributed by atoms with Crippen LogP contribution in [0.2, 0.25) is 0 Å². The minimum absolute atomic E-state index is 0.0365. The molecule has 0 aliphatic heterocycles. The summed E-state index contributed by atoms with van der Waals surface area (Å²) in [5.74, 6) is -0.379. The fourth-order valence-corrected chi connectivity index (χ4v) is 1.86. The van der Waals surface area contributed by atoms with Gasteiger partial charge in [0.15, 0.2) is 11.6 Å². The van der Waals surface area contributed by atoms with Crippen LogP contribution in [0.15, 0.2) is 23.1 Å². The molecule has 0 spiro atoms. The summed E-state index contributed by atoms with van der Waals surface area (Å²) < 4.78 is 40.7. The lowest BCUT2D eigenvalue weighted by molar-refractivity contribution is 0.246. The number of halogens is 2. The van der Waals surface area contributed by atoms with Gasteiger partial charge in [0.05, 0.1) is 11.5 Å². The molecule has 0 bridgehead atoms. The van der Waals surface area contributed by atoms with Gasteiger partial charge in [-0.25, -0.2) is 12.8 Å². The molecule has 1 rings (SSSR count). The summed E-state index contributed by atoms with van der Waals surface area (Å²) in [5, 5.41) is 0. The summed E-state index contributed by atoms with van der Waals surface area (Å²) in [5.41, 5.74) is 0. The molecule has 6 heteroatoms. The molecule has 0 amide bonds. The van der Waals surface area contributed by atoms with Crippen LogP contribution >= 0.6 is 10.7 Å². The monoisotopic (exact) mass is 280 g/mol. The van der Waals surface area contributed by atoms with Gasteiger partial charge in [-0.05, 0) is 24.1 Å². The molecule has 0 fully saturated rings. The lowest BCUT2D eigenvalue weighted by Gasteiger charge is -2.11. The Morgan fingerprint density at radius 2 is 2.12 bits per heavy atom. The Morgan fingerprint density at radius 3 is 2.59 bits per heavy atom. The van der Waals surface area contributed by atoms with E-state index in [2.05, 4.69) is 0 Å². The van der Waals surface area contributed by atoms with E-state index in [4.69, 9.17) is 15.4 Å². The van der Waals surface area contributed by atoms with Crippen LogP contribution in [0, 0.1) is 11.7 Å².